The maximum absolute atomic E-state index is 12.9. The molecule has 2 N–H and O–H groups in total. The number of hydrogen-bond acceptors (Lipinski definition) is 7. The lowest BCUT2D eigenvalue weighted by molar-refractivity contribution is -0.119. The van der Waals surface area contributed by atoms with Gasteiger partial charge in [-0.3, -0.25) is 9.59 Å². The second-order valence-corrected chi connectivity index (χ2v) is 12.4. The van der Waals surface area contributed by atoms with Crippen LogP contribution in [-0.4, -0.2) is 45.3 Å². The van der Waals surface area contributed by atoms with Crippen LogP contribution in [0.5, 0.6) is 0 Å². The first kappa shape index (κ1) is 27.5. The van der Waals surface area contributed by atoms with Crippen LogP contribution in [0, 0.1) is 6.92 Å². The van der Waals surface area contributed by atoms with Crippen LogP contribution in [0.1, 0.15) is 24.1 Å². The number of nitrogens with one attached hydrogen (secondary N) is 2. The zero-order chi connectivity index (χ0) is 26.7. The zero-order valence-electron chi connectivity index (χ0n) is 19.7. The number of amides is 1. The molecule has 0 aliphatic heterocycles. The average Bonchev–Trinajstić information content (AvgIpc) is 2.79. The van der Waals surface area contributed by atoms with Crippen LogP contribution in [0.2, 0.25) is 5.02 Å². The molecule has 0 radical (unpaired) electrons. The van der Waals surface area contributed by atoms with Crippen molar-refractivity contribution in [1.29, 1.82) is 0 Å². The molecule has 0 saturated heterocycles. The first-order chi connectivity index (χ1) is 16.8. The molecule has 3 aromatic rings. The summed E-state index contributed by atoms with van der Waals surface area (Å²) >= 11 is 5.74. The van der Waals surface area contributed by atoms with E-state index in [0.29, 0.717) is 12.0 Å². The number of sulfonamides is 1. The summed E-state index contributed by atoms with van der Waals surface area (Å²) in [7, 11) is -7.22. The Balaban J connectivity index is 1.69. The van der Waals surface area contributed by atoms with E-state index in [0.717, 1.165) is 22.6 Å². The zero-order valence-corrected chi connectivity index (χ0v) is 22.1. The van der Waals surface area contributed by atoms with Crippen molar-refractivity contribution in [3.63, 3.8) is 0 Å². The van der Waals surface area contributed by atoms with Gasteiger partial charge in [0.2, 0.25) is 15.9 Å². The highest BCUT2D eigenvalue weighted by Gasteiger charge is 2.21. The highest BCUT2D eigenvalue weighted by molar-refractivity contribution is 7.90. The van der Waals surface area contributed by atoms with Gasteiger partial charge in [-0.1, -0.05) is 29.8 Å². The highest BCUT2D eigenvalue weighted by atomic mass is 35.5. The minimum absolute atomic E-state index is 0.0119. The molecule has 0 bridgehead atoms. The molecule has 1 atom stereocenters. The van der Waals surface area contributed by atoms with E-state index in [9.17, 15) is 26.4 Å². The number of halogens is 1. The van der Waals surface area contributed by atoms with Gasteiger partial charge < -0.3 is 5.32 Å². The lowest BCUT2D eigenvalue weighted by Gasteiger charge is -2.15. The predicted molar refractivity (Wildman–Crippen MR) is 136 cm³/mol. The molecule has 2 aromatic carbocycles. The fourth-order valence-corrected chi connectivity index (χ4v) is 5.39. The molecule has 1 heterocycles. The average molecular weight is 553 g/mol. The second-order valence-electron chi connectivity index (χ2n) is 8.17. The molecule has 0 fully saturated rings. The van der Waals surface area contributed by atoms with Crippen molar-refractivity contribution in [3.8, 4) is 0 Å². The lowest BCUT2D eigenvalue weighted by atomic mass is 10.2. The number of aryl methyl sites for hydroxylation is 1. The predicted octanol–water partition coefficient (Wildman–Crippen LogP) is 2.33. The maximum atomic E-state index is 12.9. The minimum Gasteiger partial charge on any atom is -0.324 e. The molecule has 0 aliphatic rings. The van der Waals surface area contributed by atoms with Crippen molar-refractivity contribution < 1.29 is 21.6 Å². The van der Waals surface area contributed by atoms with Gasteiger partial charge in [-0.15, -0.1) is 0 Å². The molecule has 0 unspecified atom stereocenters. The number of benzene rings is 2. The van der Waals surface area contributed by atoms with Gasteiger partial charge in [0.05, 0.1) is 21.0 Å². The number of hydrogen-bond donors (Lipinski definition) is 2. The van der Waals surface area contributed by atoms with Gasteiger partial charge in [-0.2, -0.15) is 5.10 Å². The largest absolute Gasteiger partial charge is 0.324 e. The quantitative estimate of drug-likeness (QED) is 0.414. The van der Waals surface area contributed by atoms with Gasteiger partial charge in [0.25, 0.3) is 5.56 Å². The summed E-state index contributed by atoms with van der Waals surface area (Å²) in [6.45, 7) is 3.19. The van der Waals surface area contributed by atoms with Crippen LogP contribution in [0.15, 0.2) is 69.3 Å². The molecule has 1 aromatic heterocycles. The minimum atomic E-state index is -3.91. The number of aromatic nitrogens is 2. The smallest absolute Gasteiger partial charge is 0.268 e. The van der Waals surface area contributed by atoms with Crippen molar-refractivity contribution in [2.45, 2.75) is 36.1 Å². The van der Waals surface area contributed by atoms with Gasteiger partial charge in [0.1, 0.15) is 6.04 Å². The highest BCUT2D eigenvalue weighted by Crippen LogP contribution is 2.21. The van der Waals surface area contributed by atoms with E-state index in [1.807, 2.05) is 0 Å². The first-order valence-electron chi connectivity index (χ1n) is 10.7. The standard InChI is InChI=1S/C23H25ClN4O6S2/c1-15-4-7-19(27-23(30)16(2)28-22(29)12-18(24)14-25-28)13-21(15)36(33,34)26-11-10-17-5-8-20(9-6-17)35(3,31)32/h4-9,12-14,16,26H,10-11H2,1-3H3,(H,27,30)/t16-/m1/s1. The fraction of sp³-hybridized carbons (Fsp3) is 0.261. The second kappa shape index (κ2) is 10.9. The molecule has 0 aliphatic carbocycles. The molecule has 0 saturated carbocycles. The van der Waals surface area contributed by atoms with E-state index in [1.165, 1.54) is 31.3 Å². The van der Waals surface area contributed by atoms with Crippen LogP contribution in [-0.2, 0) is 31.1 Å². The third-order valence-corrected chi connectivity index (χ3v) is 8.28. The number of rotatable bonds is 9. The molecule has 10 nitrogen and oxygen atoms in total. The number of carbonyl (C=O) groups excluding carboxylic acids is 1. The molecule has 0 spiro atoms. The number of sulfone groups is 1. The van der Waals surface area contributed by atoms with Crippen LogP contribution >= 0.6 is 11.6 Å². The van der Waals surface area contributed by atoms with Crippen LogP contribution in [0.3, 0.4) is 0 Å². The fourth-order valence-electron chi connectivity index (χ4n) is 3.32. The Kier molecular flexibility index (Phi) is 8.34. The summed E-state index contributed by atoms with van der Waals surface area (Å²) < 4.78 is 52.5. The molecule has 36 heavy (non-hydrogen) atoms. The molecular weight excluding hydrogens is 528 g/mol. The third kappa shape index (κ3) is 6.78. The first-order valence-corrected chi connectivity index (χ1v) is 14.5. The Morgan fingerprint density at radius 3 is 2.36 bits per heavy atom. The van der Waals surface area contributed by atoms with E-state index in [2.05, 4.69) is 15.1 Å². The summed E-state index contributed by atoms with van der Waals surface area (Å²) in [6, 6.07) is 10.8. The van der Waals surface area contributed by atoms with E-state index < -0.39 is 37.4 Å². The van der Waals surface area contributed by atoms with Crippen molar-refractivity contribution in [2.24, 2.45) is 0 Å². The normalized spacial score (nSPS) is 12.8. The monoisotopic (exact) mass is 552 g/mol. The molecular formula is C23H25ClN4O6S2. The SMILES string of the molecule is Cc1ccc(NC(=O)[C@@H](C)n2ncc(Cl)cc2=O)cc1S(=O)(=O)NCCc1ccc(S(C)(=O)=O)cc1. The maximum Gasteiger partial charge on any atom is 0.268 e. The van der Waals surface area contributed by atoms with Crippen LogP contribution in [0.4, 0.5) is 5.69 Å². The van der Waals surface area contributed by atoms with Crippen LogP contribution < -0.4 is 15.6 Å². The van der Waals surface area contributed by atoms with Crippen molar-refractivity contribution in [3.05, 3.63) is 81.2 Å². The van der Waals surface area contributed by atoms with E-state index in [-0.39, 0.29) is 27.0 Å². The van der Waals surface area contributed by atoms with Gasteiger partial charge in [0.15, 0.2) is 9.84 Å². The van der Waals surface area contributed by atoms with Gasteiger partial charge in [0, 0.05) is 24.6 Å². The Bertz CT molecular complexity index is 1550. The van der Waals surface area contributed by atoms with Gasteiger partial charge in [-0.05, 0) is 55.7 Å². The van der Waals surface area contributed by atoms with E-state index >= 15 is 0 Å². The summed E-state index contributed by atoms with van der Waals surface area (Å²) in [5.74, 6) is -0.565. The number of carbonyl (C=O) groups is 1. The Morgan fingerprint density at radius 1 is 1.08 bits per heavy atom. The molecule has 3 rings (SSSR count). The van der Waals surface area contributed by atoms with Crippen molar-refractivity contribution in [2.75, 3.05) is 18.1 Å². The summed E-state index contributed by atoms with van der Waals surface area (Å²) in [5.41, 5.74) is 0.924. The molecule has 13 heteroatoms. The summed E-state index contributed by atoms with van der Waals surface area (Å²) in [4.78, 5) is 24.9. The van der Waals surface area contributed by atoms with E-state index in [4.69, 9.17) is 11.6 Å². The Labute approximate surface area is 214 Å². The lowest BCUT2D eigenvalue weighted by Crippen LogP contribution is -2.33. The number of anilines is 1. The number of nitrogens with zero attached hydrogens (tertiary/aromatic N) is 2. The van der Waals surface area contributed by atoms with Gasteiger partial charge in [-0.25, -0.2) is 26.2 Å². The topological polar surface area (TPSA) is 144 Å². The summed E-state index contributed by atoms with van der Waals surface area (Å²) in [5, 5.41) is 6.62. The Morgan fingerprint density at radius 2 is 1.75 bits per heavy atom. The molecule has 1 amide bonds. The van der Waals surface area contributed by atoms with Crippen molar-refractivity contribution in [1.82, 2.24) is 14.5 Å². The van der Waals surface area contributed by atoms with Crippen molar-refractivity contribution >= 4 is 43.1 Å². The van der Waals surface area contributed by atoms with Crippen LogP contribution in [0.25, 0.3) is 0 Å². The van der Waals surface area contributed by atoms with E-state index in [1.54, 1.807) is 31.2 Å². The Hall–Kier alpha value is -3.06. The summed E-state index contributed by atoms with van der Waals surface area (Å²) in [6.07, 6.45) is 2.71. The molecule has 192 valence electrons. The van der Waals surface area contributed by atoms with Gasteiger partial charge >= 0.3 is 0 Å². The third-order valence-electron chi connectivity index (χ3n) is 5.34.